The van der Waals surface area contributed by atoms with Crippen molar-refractivity contribution in [2.24, 2.45) is 5.92 Å². The minimum absolute atomic E-state index is 0.0663. The second-order valence-electron chi connectivity index (χ2n) is 4.59. The van der Waals surface area contributed by atoms with E-state index >= 15 is 0 Å². The lowest BCUT2D eigenvalue weighted by atomic mass is 10.1. The number of hydrogen-bond acceptors (Lipinski definition) is 3. The number of anilines is 1. The summed E-state index contributed by atoms with van der Waals surface area (Å²) in [7, 11) is 0. The summed E-state index contributed by atoms with van der Waals surface area (Å²) in [6.07, 6.45) is 0.199. The van der Waals surface area contributed by atoms with E-state index in [1.807, 2.05) is 13.0 Å². The van der Waals surface area contributed by atoms with Crippen LogP contribution in [0.1, 0.15) is 18.9 Å². The lowest BCUT2D eigenvalue weighted by Gasteiger charge is -2.19. The Bertz CT molecular complexity index is 515. The average Bonchev–Trinajstić information content (AvgIpc) is 2.75. The van der Waals surface area contributed by atoms with Gasteiger partial charge in [-0.25, -0.2) is 0 Å². The summed E-state index contributed by atoms with van der Waals surface area (Å²) >= 11 is 5.96. The molecule has 0 aromatic heterocycles. The molecule has 1 aliphatic rings. The molecule has 102 valence electrons. The standard InChI is InChI=1S/C14H16ClNO3/c1-3-19-14(18)10-6-13(17)16(8-10)12-7-11(15)5-4-9(12)2/h4-5,7,10H,3,6,8H2,1-2H3/t10-/m0/s1. The van der Waals surface area contributed by atoms with Gasteiger partial charge in [-0.2, -0.15) is 0 Å². The maximum Gasteiger partial charge on any atom is 0.311 e. The van der Waals surface area contributed by atoms with E-state index in [0.29, 0.717) is 18.2 Å². The number of carbonyl (C=O) groups excluding carboxylic acids is 2. The molecule has 19 heavy (non-hydrogen) atoms. The smallest absolute Gasteiger partial charge is 0.311 e. The highest BCUT2D eigenvalue weighted by Crippen LogP contribution is 2.30. The molecule has 1 atom stereocenters. The van der Waals surface area contributed by atoms with Gasteiger partial charge in [-0.1, -0.05) is 17.7 Å². The molecule has 0 radical (unpaired) electrons. The number of nitrogens with zero attached hydrogens (tertiary/aromatic N) is 1. The normalized spacial score (nSPS) is 18.8. The molecule has 1 heterocycles. The van der Waals surface area contributed by atoms with Crippen molar-refractivity contribution in [3.8, 4) is 0 Å². The number of esters is 1. The Morgan fingerprint density at radius 3 is 2.95 bits per heavy atom. The summed E-state index contributed by atoms with van der Waals surface area (Å²) in [5, 5.41) is 0.577. The predicted octanol–water partition coefficient (Wildman–Crippen LogP) is 2.56. The Morgan fingerprint density at radius 1 is 1.53 bits per heavy atom. The zero-order valence-electron chi connectivity index (χ0n) is 11.0. The zero-order valence-corrected chi connectivity index (χ0v) is 11.7. The molecule has 1 saturated heterocycles. The molecule has 0 unspecified atom stereocenters. The number of hydrogen-bond donors (Lipinski definition) is 0. The third kappa shape index (κ3) is 2.89. The van der Waals surface area contributed by atoms with Gasteiger partial charge in [0, 0.05) is 23.7 Å². The number of benzene rings is 1. The van der Waals surface area contributed by atoms with Crippen LogP contribution in [0.25, 0.3) is 0 Å². The first-order valence-corrected chi connectivity index (χ1v) is 6.64. The molecule has 4 nitrogen and oxygen atoms in total. The highest BCUT2D eigenvalue weighted by molar-refractivity contribution is 6.31. The maximum absolute atomic E-state index is 12.0. The van der Waals surface area contributed by atoms with Crippen LogP contribution in [0.3, 0.4) is 0 Å². The van der Waals surface area contributed by atoms with Crippen molar-refractivity contribution in [3.05, 3.63) is 28.8 Å². The Hall–Kier alpha value is -1.55. The number of amides is 1. The zero-order chi connectivity index (χ0) is 14.0. The lowest BCUT2D eigenvalue weighted by molar-refractivity contribution is -0.147. The van der Waals surface area contributed by atoms with Gasteiger partial charge in [-0.15, -0.1) is 0 Å². The highest BCUT2D eigenvalue weighted by Gasteiger charge is 2.36. The van der Waals surface area contributed by atoms with Crippen molar-refractivity contribution in [2.75, 3.05) is 18.1 Å². The van der Waals surface area contributed by atoms with Gasteiger partial charge in [0.1, 0.15) is 0 Å². The van der Waals surface area contributed by atoms with Crippen molar-refractivity contribution < 1.29 is 14.3 Å². The van der Waals surface area contributed by atoms with E-state index in [4.69, 9.17) is 16.3 Å². The summed E-state index contributed by atoms with van der Waals surface area (Å²) in [6.45, 7) is 4.36. The van der Waals surface area contributed by atoms with Crippen LogP contribution in [0.15, 0.2) is 18.2 Å². The molecule has 1 fully saturated rings. The highest BCUT2D eigenvalue weighted by atomic mass is 35.5. The minimum atomic E-state index is -0.383. The molecule has 5 heteroatoms. The molecule has 1 aromatic carbocycles. The fourth-order valence-corrected chi connectivity index (χ4v) is 2.40. The van der Waals surface area contributed by atoms with Gasteiger partial charge in [0.15, 0.2) is 0 Å². The monoisotopic (exact) mass is 281 g/mol. The molecule has 1 amide bonds. The summed E-state index contributed by atoms with van der Waals surface area (Å²) in [5.41, 5.74) is 1.73. The van der Waals surface area contributed by atoms with E-state index in [1.165, 1.54) is 0 Å². The first kappa shape index (κ1) is 13.9. The van der Waals surface area contributed by atoms with Crippen LogP contribution < -0.4 is 4.90 Å². The van der Waals surface area contributed by atoms with Crippen molar-refractivity contribution in [1.82, 2.24) is 0 Å². The van der Waals surface area contributed by atoms with E-state index in [-0.39, 0.29) is 24.2 Å². The van der Waals surface area contributed by atoms with Crippen LogP contribution in [-0.4, -0.2) is 25.0 Å². The summed E-state index contributed by atoms with van der Waals surface area (Å²) in [6, 6.07) is 5.40. The van der Waals surface area contributed by atoms with E-state index in [0.717, 1.165) is 11.3 Å². The molecular weight excluding hydrogens is 266 g/mol. The molecular formula is C14H16ClNO3. The van der Waals surface area contributed by atoms with E-state index in [1.54, 1.807) is 24.0 Å². The molecule has 2 rings (SSSR count). The summed E-state index contributed by atoms with van der Waals surface area (Å²) < 4.78 is 4.97. The number of carbonyl (C=O) groups is 2. The van der Waals surface area contributed by atoms with Gasteiger partial charge in [0.05, 0.1) is 12.5 Å². The van der Waals surface area contributed by atoms with Crippen molar-refractivity contribution >= 4 is 29.2 Å². The van der Waals surface area contributed by atoms with Crippen LogP contribution in [-0.2, 0) is 14.3 Å². The van der Waals surface area contributed by atoms with Crippen molar-refractivity contribution in [1.29, 1.82) is 0 Å². The topological polar surface area (TPSA) is 46.6 Å². The minimum Gasteiger partial charge on any atom is -0.466 e. The van der Waals surface area contributed by atoms with Crippen molar-refractivity contribution in [3.63, 3.8) is 0 Å². The van der Waals surface area contributed by atoms with Crippen LogP contribution in [0.5, 0.6) is 0 Å². The second-order valence-corrected chi connectivity index (χ2v) is 5.02. The van der Waals surface area contributed by atoms with Crippen molar-refractivity contribution in [2.45, 2.75) is 20.3 Å². The average molecular weight is 282 g/mol. The Balaban J connectivity index is 2.20. The molecule has 1 aromatic rings. The van der Waals surface area contributed by atoms with E-state index < -0.39 is 0 Å². The number of ether oxygens (including phenoxy) is 1. The number of halogens is 1. The quantitative estimate of drug-likeness (QED) is 0.800. The SMILES string of the molecule is CCOC(=O)[C@H]1CC(=O)N(c2cc(Cl)ccc2C)C1. The van der Waals surface area contributed by atoms with E-state index in [9.17, 15) is 9.59 Å². The van der Waals surface area contributed by atoms with Gasteiger partial charge >= 0.3 is 5.97 Å². The molecule has 0 saturated carbocycles. The molecule has 1 aliphatic heterocycles. The maximum atomic E-state index is 12.0. The summed E-state index contributed by atoms with van der Waals surface area (Å²) in [5.74, 6) is -0.757. The van der Waals surface area contributed by atoms with Gasteiger partial charge < -0.3 is 9.64 Å². The second kappa shape index (κ2) is 5.61. The fraction of sp³-hybridized carbons (Fsp3) is 0.429. The number of aryl methyl sites for hydroxylation is 1. The molecule has 0 N–H and O–H groups in total. The van der Waals surface area contributed by atoms with Crippen LogP contribution in [0.2, 0.25) is 5.02 Å². The predicted molar refractivity (Wildman–Crippen MR) is 73.3 cm³/mol. The Morgan fingerprint density at radius 2 is 2.26 bits per heavy atom. The Labute approximate surface area is 117 Å². The fourth-order valence-electron chi connectivity index (χ4n) is 2.23. The molecule has 0 aliphatic carbocycles. The van der Waals surface area contributed by atoms with Crippen LogP contribution in [0, 0.1) is 12.8 Å². The largest absolute Gasteiger partial charge is 0.466 e. The van der Waals surface area contributed by atoms with E-state index in [2.05, 4.69) is 0 Å². The van der Waals surface area contributed by atoms with Gasteiger partial charge in [-0.3, -0.25) is 9.59 Å². The Kier molecular flexibility index (Phi) is 4.10. The summed E-state index contributed by atoms with van der Waals surface area (Å²) in [4.78, 5) is 25.3. The molecule has 0 bridgehead atoms. The lowest BCUT2D eigenvalue weighted by Crippen LogP contribution is -2.27. The third-order valence-electron chi connectivity index (χ3n) is 3.21. The van der Waals surface area contributed by atoms with Crippen LogP contribution in [0.4, 0.5) is 5.69 Å². The third-order valence-corrected chi connectivity index (χ3v) is 3.44. The number of rotatable bonds is 3. The van der Waals surface area contributed by atoms with Gasteiger partial charge in [-0.05, 0) is 31.5 Å². The van der Waals surface area contributed by atoms with Crippen LogP contribution >= 0.6 is 11.6 Å². The van der Waals surface area contributed by atoms with Gasteiger partial charge in [0.25, 0.3) is 0 Å². The first-order valence-electron chi connectivity index (χ1n) is 6.26. The van der Waals surface area contributed by atoms with Gasteiger partial charge in [0.2, 0.25) is 5.91 Å². The first-order chi connectivity index (χ1) is 9.02. The molecule has 0 spiro atoms.